The van der Waals surface area contributed by atoms with Crippen molar-refractivity contribution in [3.63, 3.8) is 0 Å². The third kappa shape index (κ3) is 5.99. The molecule has 9 heteroatoms. The Kier molecular flexibility index (Phi) is 7.54. The molecule has 2 heterocycles. The molecule has 1 aliphatic heterocycles. The van der Waals surface area contributed by atoms with Gasteiger partial charge in [-0.3, -0.25) is 4.79 Å². The van der Waals surface area contributed by atoms with E-state index in [9.17, 15) is 9.59 Å². The average Bonchev–Trinajstić information content (AvgIpc) is 3.55. The number of aromatic nitrogens is 2. The maximum atomic E-state index is 12.4. The number of ether oxygens (including phenoxy) is 1. The Morgan fingerprint density at radius 1 is 1.15 bits per heavy atom. The molecule has 34 heavy (non-hydrogen) atoms. The number of hydrogen-bond donors (Lipinski definition) is 2. The van der Waals surface area contributed by atoms with Crippen LogP contribution in [0.2, 0.25) is 0 Å². The molecule has 3 aromatic rings. The number of para-hydroxylation sites is 1. The van der Waals surface area contributed by atoms with Gasteiger partial charge in [0.25, 0.3) is 11.8 Å². The fraction of sp³-hybridized carbons (Fsp3) is 0.360. The van der Waals surface area contributed by atoms with Gasteiger partial charge in [-0.2, -0.15) is 4.98 Å². The van der Waals surface area contributed by atoms with Gasteiger partial charge >= 0.3 is 6.03 Å². The van der Waals surface area contributed by atoms with Crippen LogP contribution < -0.4 is 10.6 Å². The second-order valence-electron chi connectivity index (χ2n) is 8.35. The molecule has 178 valence electrons. The van der Waals surface area contributed by atoms with Gasteiger partial charge in [0.2, 0.25) is 0 Å². The highest BCUT2D eigenvalue weighted by atomic mass is 16.5. The number of anilines is 1. The second kappa shape index (κ2) is 10.9. The Labute approximate surface area is 198 Å². The van der Waals surface area contributed by atoms with E-state index in [1.54, 1.807) is 36.2 Å². The van der Waals surface area contributed by atoms with Crippen LogP contribution in [0.5, 0.6) is 0 Å². The molecule has 1 atom stereocenters. The Hall–Kier alpha value is -3.72. The van der Waals surface area contributed by atoms with Crippen molar-refractivity contribution in [2.24, 2.45) is 0 Å². The highest BCUT2D eigenvalue weighted by Crippen LogP contribution is 2.19. The Balaban J connectivity index is 1.27. The molecule has 4 rings (SSSR count). The van der Waals surface area contributed by atoms with Gasteiger partial charge in [-0.25, -0.2) is 4.79 Å². The van der Waals surface area contributed by atoms with E-state index in [4.69, 9.17) is 9.26 Å². The molecule has 0 radical (unpaired) electrons. The first-order valence-electron chi connectivity index (χ1n) is 11.4. The van der Waals surface area contributed by atoms with Crippen LogP contribution in [0.4, 0.5) is 10.5 Å². The monoisotopic (exact) mass is 463 g/mol. The molecule has 1 aromatic heterocycles. The standard InChI is InChI=1S/C25H29N5O4/c1-17-6-3-4-8-21(17)27-25(32)30(2)14-13-22-28-24(34-29-22)19-11-9-18(10-12-19)23(31)26-16-20-7-5-15-33-20/h3-4,6,8-12,20H,5,7,13-16H2,1-2H3,(H,26,31)(H,27,32)/t20-/m1/s1. The van der Waals surface area contributed by atoms with Crippen molar-refractivity contribution in [1.82, 2.24) is 20.4 Å². The summed E-state index contributed by atoms with van der Waals surface area (Å²) in [6.45, 7) is 3.66. The van der Waals surface area contributed by atoms with Crippen LogP contribution in [0, 0.1) is 6.92 Å². The van der Waals surface area contributed by atoms with Crippen LogP contribution >= 0.6 is 0 Å². The molecule has 9 nitrogen and oxygen atoms in total. The smallest absolute Gasteiger partial charge is 0.321 e. The molecule has 2 aromatic carbocycles. The number of nitrogens with zero attached hydrogens (tertiary/aromatic N) is 3. The van der Waals surface area contributed by atoms with Crippen molar-refractivity contribution in [3.8, 4) is 11.5 Å². The lowest BCUT2D eigenvalue weighted by Crippen LogP contribution is -2.33. The molecule has 1 fully saturated rings. The number of aryl methyl sites for hydroxylation is 1. The number of carbonyl (C=O) groups excluding carboxylic acids is 2. The Morgan fingerprint density at radius 3 is 2.68 bits per heavy atom. The third-order valence-electron chi connectivity index (χ3n) is 5.78. The van der Waals surface area contributed by atoms with E-state index in [0.29, 0.717) is 36.8 Å². The molecule has 1 saturated heterocycles. The van der Waals surface area contributed by atoms with E-state index in [0.717, 1.165) is 36.3 Å². The molecule has 0 aliphatic carbocycles. The second-order valence-corrected chi connectivity index (χ2v) is 8.35. The minimum Gasteiger partial charge on any atom is -0.376 e. The lowest BCUT2D eigenvalue weighted by atomic mass is 10.1. The number of nitrogens with one attached hydrogen (secondary N) is 2. The zero-order valence-corrected chi connectivity index (χ0v) is 19.4. The van der Waals surface area contributed by atoms with Gasteiger partial charge in [-0.05, 0) is 55.7 Å². The van der Waals surface area contributed by atoms with Gasteiger partial charge in [-0.15, -0.1) is 0 Å². The number of carbonyl (C=O) groups is 2. The van der Waals surface area contributed by atoms with Gasteiger partial charge in [0, 0.05) is 50.0 Å². The van der Waals surface area contributed by atoms with Crippen LogP contribution in [0.3, 0.4) is 0 Å². The summed E-state index contributed by atoms with van der Waals surface area (Å²) in [5.41, 5.74) is 3.06. The van der Waals surface area contributed by atoms with E-state index in [1.807, 2.05) is 31.2 Å². The molecule has 0 bridgehead atoms. The summed E-state index contributed by atoms with van der Waals surface area (Å²) < 4.78 is 10.9. The minimum absolute atomic E-state index is 0.104. The van der Waals surface area contributed by atoms with Crippen molar-refractivity contribution in [3.05, 3.63) is 65.5 Å². The number of hydrogen-bond acceptors (Lipinski definition) is 6. The van der Waals surface area contributed by atoms with Crippen LogP contribution in [-0.4, -0.2) is 59.8 Å². The molecular formula is C25H29N5O4. The van der Waals surface area contributed by atoms with Crippen LogP contribution in [-0.2, 0) is 11.2 Å². The van der Waals surface area contributed by atoms with E-state index in [-0.39, 0.29) is 18.0 Å². The predicted molar refractivity (Wildman–Crippen MR) is 128 cm³/mol. The van der Waals surface area contributed by atoms with E-state index in [1.165, 1.54) is 0 Å². The SMILES string of the molecule is Cc1ccccc1NC(=O)N(C)CCc1noc(-c2ccc(C(=O)NC[C@H]3CCCO3)cc2)n1. The third-order valence-corrected chi connectivity index (χ3v) is 5.78. The van der Waals surface area contributed by atoms with Gasteiger partial charge in [0.15, 0.2) is 5.82 Å². The maximum Gasteiger partial charge on any atom is 0.321 e. The van der Waals surface area contributed by atoms with E-state index in [2.05, 4.69) is 20.8 Å². The summed E-state index contributed by atoms with van der Waals surface area (Å²) in [5.74, 6) is 0.734. The van der Waals surface area contributed by atoms with Crippen molar-refractivity contribution >= 4 is 17.6 Å². The topological polar surface area (TPSA) is 110 Å². The van der Waals surface area contributed by atoms with Gasteiger partial charge < -0.3 is 24.8 Å². The van der Waals surface area contributed by atoms with Crippen LogP contribution in [0.15, 0.2) is 53.1 Å². The first-order chi connectivity index (χ1) is 16.5. The van der Waals surface area contributed by atoms with Crippen molar-refractivity contribution < 1.29 is 18.8 Å². The van der Waals surface area contributed by atoms with Gasteiger partial charge in [-0.1, -0.05) is 23.4 Å². The quantitative estimate of drug-likeness (QED) is 0.528. The summed E-state index contributed by atoms with van der Waals surface area (Å²) in [4.78, 5) is 30.8. The van der Waals surface area contributed by atoms with Crippen molar-refractivity contribution in [2.45, 2.75) is 32.3 Å². The zero-order chi connectivity index (χ0) is 23.9. The largest absolute Gasteiger partial charge is 0.376 e. The number of benzene rings is 2. The molecular weight excluding hydrogens is 434 g/mol. The number of likely N-dealkylation sites (N-methyl/N-ethyl adjacent to an activating group) is 1. The normalized spacial score (nSPS) is 15.2. The average molecular weight is 464 g/mol. The molecule has 1 aliphatic rings. The number of amides is 3. The highest BCUT2D eigenvalue weighted by Gasteiger charge is 2.17. The minimum atomic E-state index is -0.202. The summed E-state index contributed by atoms with van der Waals surface area (Å²) in [6.07, 6.45) is 2.57. The summed E-state index contributed by atoms with van der Waals surface area (Å²) in [6, 6.07) is 14.4. The van der Waals surface area contributed by atoms with Gasteiger partial charge in [0.1, 0.15) is 0 Å². The predicted octanol–water partition coefficient (Wildman–Crippen LogP) is 3.66. The van der Waals surface area contributed by atoms with Crippen LogP contribution in [0.25, 0.3) is 11.5 Å². The molecule has 3 amide bonds. The highest BCUT2D eigenvalue weighted by molar-refractivity contribution is 5.94. The summed E-state index contributed by atoms with van der Waals surface area (Å²) >= 11 is 0. The first-order valence-corrected chi connectivity index (χ1v) is 11.4. The summed E-state index contributed by atoms with van der Waals surface area (Å²) in [7, 11) is 1.72. The zero-order valence-electron chi connectivity index (χ0n) is 19.4. The van der Waals surface area contributed by atoms with Crippen LogP contribution in [0.1, 0.15) is 34.6 Å². The summed E-state index contributed by atoms with van der Waals surface area (Å²) in [5, 5.41) is 9.82. The maximum absolute atomic E-state index is 12.4. The molecule has 0 saturated carbocycles. The van der Waals surface area contributed by atoms with Gasteiger partial charge in [0.05, 0.1) is 6.10 Å². The Morgan fingerprint density at radius 2 is 1.94 bits per heavy atom. The number of urea groups is 1. The lowest BCUT2D eigenvalue weighted by molar-refractivity contribution is 0.0858. The molecule has 0 unspecified atom stereocenters. The number of rotatable bonds is 8. The van der Waals surface area contributed by atoms with E-state index >= 15 is 0 Å². The fourth-order valence-electron chi connectivity index (χ4n) is 3.64. The molecule has 0 spiro atoms. The lowest BCUT2D eigenvalue weighted by Gasteiger charge is -2.18. The van der Waals surface area contributed by atoms with E-state index < -0.39 is 0 Å². The Bertz CT molecular complexity index is 1120. The van der Waals surface area contributed by atoms with Crippen molar-refractivity contribution in [2.75, 3.05) is 32.1 Å². The van der Waals surface area contributed by atoms with Crippen molar-refractivity contribution in [1.29, 1.82) is 0 Å². The first kappa shape index (κ1) is 23.4. The fourth-order valence-corrected chi connectivity index (χ4v) is 3.64. The molecule has 2 N–H and O–H groups in total.